The number of carbonyl (C=O) groups is 1. The Kier molecular flexibility index (Phi) is 4.91. The molecular weight excluding hydrogens is 312 g/mol. The molecule has 0 bridgehead atoms. The molecule has 2 rings (SSSR count). The van der Waals surface area contributed by atoms with Crippen molar-refractivity contribution in [2.24, 2.45) is 5.14 Å². The van der Waals surface area contributed by atoms with Crippen molar-refractivity contribution in [3.8, 4) is 0 Å². The zero-order chi connectivity index (χ0) is 15.6. The van der Waals surface area contributed by atoms with Crippen LogP contribution in [-0.4, -0.2) is 20.4 Å². The first kappa shape index (κ1) is 16.3. The summed E-state index contributed by atoms with van der Waals surface area (Å²) in [5.41, 5.74) is 0.781. The molecule has 21 heavy (non-hydrogen) atoms. The van der Waals surface area contributed by atoms with Gasteiger partial charge in [0.1, 0.15) is 4.90 Å². The largest absolute Gasteiger partial charge is 0.349 e. The van der Waals surface area contributed by atoms with Gasteiger partial charge >= 0.3 is 0 Å². The summed E-state index contributed by atoms with van der Waals surface area (Å²) in [6.45, 7) is 1.65. The standard InChI is InChI=1S/C14H19ClN2O3S/c1-9-7-10(8-12(13(9)15)21(16,19)20)14(18)17-11-5-3-2-4-6-11/h7-8,11H,2-6H2,1H3,(H,17,18)(H2,16,19,20). The fourth-order valence-electron chi connectivity index (χ4n) is 2.59. The molecule has 1 saturated carbocycles. The Balaban J connectivity index is 2.27. The number of halogens is 1. The maximum absolute atomic E-state index is 12.3. The topological polar surface area (TPSA) is 89.3 Å². The second-order valence-corrected chi connectivity index (χ2v) is 7.37. The maximum Gasteiger partial charge on any atom is 0.251 e. The highest BCUT2D eigenvalue weighted by Gasteiger charge is 2.21. The molecule has 1 amide bonds. The predicted molar refractivity (Wildman–Crippen MR) is 81.9 cm³/mol. The smallest absolute Gasteiger partial charge is 0.251 e. The molecule has 1 aliphatic carbocycles. The van der Waals surface area contributed by atoms with Crippen LogP contribution >= 0.6 is 11.6 Å². The molecule has 0 radical (unpaired) electrons. The van der Waals surface area contributed by atoms with Crippen molar-refractivity contribution in [3.63, 3.8) is 0 Å². The van der Waals surface area contributed by atoms with E-state index < -0.39 is 10.0 Å². The summed E-state index contributed by atoms with van der Waals surface area (Å²) in [4.78, 5) is 12.1. The minimum Gasteiger partial charge on any atom is -0.349 e. The summed E-state index contributed by atoms with van der Waals surface area (Å²) in [5, 5.41) is 8.14. The lowest BCUT2D eigenvalue weighted by molar-refractivity contribution is 0.0927. The molecule has 0 unspecified atom stereocenters. The molecule has 7 heteroatoms. The van der Waals surface area contributed by atoms with Crippen LogP contribution in [0.4, 0.5) is 0 Å². The Morgan fingerprint density at radius 1 is 1.29 bits per heavy atom. The Labute approximate surface area is 129 Å². The third kappa shape index (κ3) is 3.96. The fourth-order valence-corrected chi connectivity index (χ4v) is 3.72. The van der Waals surface area contributed by atoms with Crippen molar-refractivity contribution in [2.45, 2.75) is 50.0 Å². The highest BCUT2D eigenvalue weighted by atomic mass is 35.5. The van der Waals surface area contributed by atoms with Gasteiger partial charge in [0.05, 0.1) is 5.02 Å². The second kappa shape index (κ2) is 6.34. The molecule has 1 aliphatic rings. The first-order valence-electron chi connectivity index (χ1n) is 6.93. The number of amides is 1. The minimum atomic E-state index is -3.96. The number of nitrogens with two attached hydrogens (primary N) is 1. The molecule has 1 fully saturated rings. The van der Waals surface area contributed by atoms with Crippen molar-refractivity contribution in [3.05, 3.63) is 28.3 Å². The SMILES string of the molecule is Cc1cc(C(=O)NC2CCCCC2)cc(S(N)(=O)=O)c1Cl. The van der Waals surface area contributed by atoms with Crippen LogP contribution in [0.1, 0.15) is 48.0 Å². The monoisotopic (exact) mass is 330 g/mol. The van der Waals surface area contributed by atoms with E-state index in [0.29, 0.717) is 5.56 Å². The van der Waals surface area contributed by atoms with Gasteiger partial charge in [0.25, 0.3) is 5.91 Å². The molecule has 0 atom stereocenters. The summed E-state index contributed by atoms with van der Waals surface area (Å²) < 4.78 is 23.1. The number of rotatable bonds is 3. The van der Waals surface area contributed by atoms with E-state index in [9.17, 15) is 13.2 Å². The number of aryl methyl sites for hydroxylation is 1. The normalized spacial score (nSPS) is 16.7. The third-order valence-electron chi connectivity index (χ3n) is 3.73. The molecule has 0 spiro atoms. The van der Waals surface area contributed by atoms with E-state index >= 15 is 0 Å². The number of hydrogen-bond acceptors (Lipinski definition) is 3. The molecule has 0 heterocycles. The highest BCUT2D eigenvalue weighted by molar-refractivity contribution is 7.89. The number of benzene rings is 1. The predicted octanol–water partition coefficient (Wildman–Crippen LogP) is 2.36. The van der Waals surface area contributed by atoms with Crippen LogP contribution in [0.2, 0.25) is 5.02 Å². The lowest BCUT2D eigenvalue weighted by Crippen LogP contribution is -2.36. The third-order valence-corrected chi connectivity index (χ3v) is 5.28. The van der Waals surface area contributed by atoms with Crippen molar-refractivity contribution in [1.82, 2.24) is 5.32 Å². The molecule has 1 aromatic carbocycles. The Morgan fingerprint density at radius 2 is 1.90 bits per heavy atom. The Bertz CT molecular complexity index is 652. The zero-order valence-corrected chi connectivity index (χ0v) is 13.4. The molecule has 0 aromatic heterocycles. The summed E-state index contributed by atoms with van der Waals surface area (Å²) >= 11 is 5.96. The van der Waals surface area contributed by atoms with Gasteiger partial charge in [-0.05, 0) is 37.5 Å². The van der Waals surface area contributed by atoms with Gasteiger partial charge in [0.2, 0.25) is 10.0 Å². The van der Waals surface area contributed by atoms with Gasteiger partial charge in [0, 0.05) is 11.6 Å². The van der Waals surface area contributed by atoms with Crippen LogP contribution in [-0.2, 0) is 10.0 Å². The molecule has 116 valence electrons. The van der Waals surface area contributed by atoms with Crippen molar-refractivity contribution in [2.75, 3.05) is 0 Å². The molecular formula is C14H19ClN2O3S. The highest BCUT2D eigenvalue weighted by Crippen LogP contribution is 2.26. The van der Waals surface area contributed by atoms with Crippen molar-refractivity contribution < 1.29 is 13.2 Å². The number of carbonyl (C=O) groups excluding carboxylic acids is 1. The van der Waals surface area contributed by atoms with Gasteiger partial charge in [-0.2, -0.15) is 0 Å². The van der Waals surface area contributed by atoms with Gasteiger partial charge < -0.3 is 5.32 Å². The summed E-state index contributed by atoms with van der Waals surface area (Å²) in [7, 11) is -3.96. The van der Waals surface area contributed by atoms with Crippen LogP contribution < -0.4 is 10.5 Å². The number of primary sulfonamides is 1. The quantitative estimate of drug-likeness (QED) is 0.891. The number of sulfonamides is 1. The number of nitrogens with one attached hydrogen (secondary N) is 1. The molecule has 0 saturated heterocycles. The van der Waals surface area contributed by atoms with Gasteiger partial charge in [-0.15, -0.1) is 0 Å². The lowest BCUT2D eigenvalue weighted by atomic mass is 9.95. The summed E-state index contributed by atoms with van der Waals surface area (Å²) in [5.74, 6) is -0.286. The molecule has 0 aliphatic heterocycles. The van der Waals surface area contributed by atoms with Crippen molar-refractivity contribution >= 4 is 27.5 Å². The van der Waals surface area contributed by atoms with Crippen molar-refractivity contribution in [1.29, 1.82) is 0 Å². The number of hydrogen-bond donors (Lipinski definition) is 2. The fraction of sp³-hybridized carbons (Fsp3) is 0.500. The van der Waals surface area contributed by atoms with E-state index in [1.54, 1.807) is 13.0 Å². The Morgan fingerprint density at radius 3 is 2.48 bits per heavy atom. The van der Waals surface area contributed by atoms with Gasteiger partial charge in [-0.3, -0.25) is 4.79 Å². The van der Waals surface area contributed by atoms with E-state index in [1.807, 2.05) is 0 Å². The van der Waals surface area contributed by atoms with E-state index in [1.165, 1.54) is 12.5 Å². The second-order valence-electron chi connectivity index (χ2n) is 5.46. The summed E-state index contributed by atoms with van der Waals surface area (Å²) in [6, 6.07) is 2.97. The van der Waals surface area contributed by atoms with Gasteiger partial charge in [0.15, 0.2) is 0 Å². The van der Waals surface area contributed by atoms with E-state index in [2.05, 4.69) is 5.32 Å². The van der Waals surface area contributed by atoms with Gasteiger partial charge in [-0.25, -0.2) is 13.6 Å². The van der Waals surface area contributed by atoms with Crippen LogP contribution in [0.5, 0.6) is 0 Å². The van der Waals surface area contributed by atoms with Crippen LogP contribution in [0.15, 0.2) is 17.0 Å². The first-order chi connectivity index (χ1) is 9.79. The van der Waals surface area contributed by atoms with E-state index in [0.717, 1.165) is 25.7 Å². The average molecular weight is 331 g/mol. The average Bonchev–Trinajstić information content (AvgIpc) is 2.41. The lowest BCUT2D eigenvalue weighted by Gasteiger charge is -2.23. The molecule has 5 nitrogen and oxygen atoms in total. The van der Waals surface area contributed by atoms with Crippen LogP contribution in [0.25, 0.3) is 0 Å². The maximum atomic E-state index is 12.3. The molecule has 1 aromatic rings. The minimum absolute atomic E-state index is 0.0618. The zero-order valence-electron chi connectivity index (χ0n) is 11.9. The van der Waals surface area contributed by atoms with Crippen LogP contribution in [0, 0.1) is 6.92 Å². The van der Waals surface area contributed by atoms with E-state index in [-0.39, 0.29) is 27.4 Å². The van der Waals surface area contributed by atoms with Gasteiger partial charge in [-0.1, -0.05) is 30.9 Å². The van der Waals surface area contributed by atoms with Crippen LogP contribution in [0.3, 0.4) is 0 Å². The summed E-state index contributed by atoms with van der Waals surface area (Å²) in [6.07, 6.45) is 5.32. The molecule has 3 N–H and O–H groups in total. The Hall–Kier alpha value is -1.11. The first-order valence-corrected chi connectivity index (χ1v) is 8.85. The van der Waals surface area contributed by atoms with E-state index in [4.69, 9.17) is 16.7 Å².